The van der Waals surface area contributed by atoms with Gasteiger partial charge in [-0.05, 0) is 43.5 Å². The third-order valence-corrected chi connectivity index (χ3v) is 4.16. The number of halogens is 1. The number of benzene rings is 1. The quantitative estimate of drug-likeness (QED) is 0.807. The van der Waals surface area contributed by atoms with Crippen LogP contribution in [0.5, 0.6) is 0 Å². The fourth-order valence-corrected chi connectivity index (χ4v) is 2.85. The lowest BCUT2D eigenvalue weighted by atomic mass is 10.1. The molecule has 0 bridgehead atoms. The fraction of sp³-hybridized carbons (Fsp3) is 0.333. The summed E-state index contributed by atoms with van der Waals surface area (Å²) in [5.74, 6) is -1.18. The van der Waals surface area contributed by atoms with E-state index in [9.17, 15) is 14.7 Å². The van der Waals surface area contributed by atoms with Crippen molar-refractivity contribution in [2.24, 2.45) is 0 Å². The molecule has 2 N–H and O–H groups in total. The number of hydrogen-bond donors (Lipinski definition) is 2. The van der Waals surface area contributed by atoms with Gasteiger partial charge in [0, 0.05) is 30.0 Å². The Morgan fingerprint density at radius 1 is 1.25 bits per heavy atom. The van der Waals surface area contributed by atoms with E-state index in [1.165, 1.54) is 0 Å². The summed E-state index contributed by atoms with van der Waals surface area (Å²) in [6.07, 6.45) is 2.53. The summed E-state index contributed by atoms with van der Waals surface area (Å²) in [5, 5.41) is 12.9. The molecule has 1 aromatic carbocycles. The number of carboxylic acids is 1. The molecule has 1 heterocycles. The summed E-state index contributed by atoms with van der Waals surface area (Å²) in [7, 11) is 0. The Kier molecular flexibility index (Phi) is 6.04. The molecule has 0 radical (unpaired) electrons. The highest BCUT2D eigenvalue weighted by atomic mass is 35.5. The summed E-state index contributed by atoms with van der Waals surface area (Å²) in [5.41, 5.74) is 2.53. The van der Waals surface area contributed by atoms with Gasteiger partial charge in [-0.2, -0.15) is 0 Å². The van der Waals surface area contributed by atoms with Crippen LogP contribution in [0.3, 0.4) is 0 Å². The highest BCUT2D eigenvalue weighted by Crippen LogP contribution is 2.18. The molecule has 0 fully saturated rings. The van der Waals surface area contributed by atoms with E-state index in [-0.39, 0.29) is 17.9 Å². The van der Waals surface area contributed by atoms with Crippen LogP contribution in [-0.2, 0) is 24.2 Å². The molecule has 0 aliphatic heterocycles. The highest BCUT2D eigenvalue weighted by molar-refractivity contribution is 6.30. The van der Waals surface area contributed by atoms with Crippen LogP contribution in [0.25, 0.3) is 0 Å². The number of carbonyl (C=O) groups is 2. The maximum Gasteiger partial charge on any atom is 0.337 e. The van der Waals surface area contributed by atoms with Gasteiger partial charge in [0.15, 0.2) is 0 Å². The maximum absolute atomic E-state index is 12.2. The van der Waals surface area contributed by atoms with Crippen LogP contribution < -0.4 is 5.32 Å². The summed E-state index contributed by atoms with van der Waals surface area (Å²) in [4.78, 5) is 23.6. The SMILES string of the molecule is CCn1cc(C)c(C(=O)O)c1CC(=O)NCCc1ccc(Cl)cc1. The Hall–Kier alpha value is -2.27. The predicted octanol–water partition coefficient (Wildman–Crippen LogP) is 3.07. The summed E-state index contributed by atoms with van der Waals surface area (Å²) < 4.78 is 1.82. The van der Waals surface area contributed by atoms with E-state index in [2.05, 4.69) is 5.32 Å². The molecule has 0 atom stereocenters. The average Bonchev–Trinajstić information content (AvgIpc) is 2.85. The van der Waals surface area contributed by atoms with Crippen molar-refractivity contribution in [3.63, 3.8) is 0 Å². The molecule has 6 heteroatoms. The zero-order chi connectivity index (χ0) is 17.7. The van der Waals surface area contributed by atoms with Crippen LogP contribution in [0.15, 0.2) is 30.5 Å². The lowest BCUT2D eigenvalue weighted by molar-refractivity contribution is -0.120. The third-order valence-electron chi connectivity index (χ3n) is 3.91. The third kappa shape index (κ3) is 4.38. The van der Waals surface area contributed by atoms with Gasteiger partial charge in [-0.25, -0.2) is 4.79 Å². The van der Waals surface area contributed by atoms with E-state index < -0.39 is 5.97 Å². The van der Waals surface area contributed by atoms with Gasteiger partial charge in [-0.3, -0.25) is 4.79 Å². The maximum atomic E-state index is 12.2. The molecule has 1 amide bonds. The minimum atomic E-state index is -0.997. The number of amides is 1. The van der Waals surface area contributed by atoms with Crippen molar-refractivity contribution in [1.82, 2.24) is 9.88 Å². The number of aryl methyl sites for hydroxylation is 2. The molecule has 5 nitrogen and oxygen atoms in total. The molecule has 0 unspecified atom stereocenters. The molecular formula is C18H21ClN2O3. The minimum absolute atomic E-state index is 0.0595. The van der Waals surface area contributed by atoms with Crippen LogP contribution in [0.1, 0.15) is 34.1 Å². The molecule has 2 rings (SSSR count). The number of carbonyl (C=O) groups excluding carboxylic acids is 1. The molecule has 0 saturated carbocycles. The first kappa shape index (κ1) is 18.1. The standard InChI is InChI=1S/C18H21ClN2O3/c1-3-21-11-12(2)17(18(23)24)15(21)10-16(22)20-9-8-13-4-6-14(19)7-5-13/h4-7,11H,3,8-10H2,1-2H3,(H,20,22)(H,23,24). The zero-order valence-electron chi connectivity index (χ0n) is 13.8. The Labute approximate surface area is 146 Å². The van der Waals surface area contributed by atoms with Crippen LogP contribution in [0.4, 0.5) is 0 Å². The number of aromatic nitrogens is 1. The zero-order valence-corrected chi connectivity index (χ0v) is 14.6. The molecule has 0 spiro atoms. The first-order chi connectivity index (χ1) is 11.4. The van der Waals surface area contributed by atoms with E-state index in [1.54, 1.807) is 13.1 Å². The number of rotatable bonds is 7. The van der Waals surface area contributed by atoms with Crippen molar-refractivity contribution in [3.05, 3.63) is 57.9 Å². The van der Waals surface area contributed by atoms with Gasteiger partial charge in [-0.1, -0.05) is 23.7 Å². The topological polar surface area (TPSA) is 71.3 Å². The van der Waals surface area contributed by atoms with Crippen molar-refractivity contribution in [2.75, 3.05) is 6.54 Å². The second kappa shape index (κ2) is 8.02. The van der Waals surface area contributed by atoms with Gasteiger partial charge in [-0.15, -0.1) is 0 Å². The lowest BCUT2D eigenvalue weighted by Crippen LogP contribution is -2.28. The molecule has 1 aromatic heterocycles. The largest absolute Gasteiger partial charge is 0.478 e. The Bertz CT molecular complexity index is 735. The van der Waals surface area contributed by atoms with Crippen molar-refractivity contribution >= 4 is 23.5 Å². The van der Waals surface area contributed by atoms with Crippen LogP contribution >= 0.6 is 11.6 Å². The number of aromatic carboxylic acids is 1. The van der Waals surface area contributed by atoms with Crippen molar-refractivity contribution in [2.45, 2.75) is 33.2 Å². The van der Waals surface area contributed by atoms with E-state index in [0.717, 1.165) is 5.56 Å². The first-order valence-corrected chi connectivity index (χ1v) is 8.23. The smallest absolute Gasteiger partial charge is 0.337 e. The first-order valence-electron chi connectivity index (χ1n) is 7.85. The summed E-state index contributed by atoms with van der Waals surface area (Å²) in [6.45, 7) is 4.79. The minimum Gasteiger partial charge on any atom is -0.478 e. The normalized spacial score (nSPS) is 10.6. The molecule has 0 saturated heterocycles. The monoisotopic (exact) mass is 348 g/mol. The van der Waals surface area contributed by atoms with Gasteiger partial charge < -0.3 is 15.0 Å². The second-order valence-electron chi connectivity index (χ2n) is 5.63. The lowest BCUT2D eigenvalue weighted by Gasteiger charge is -2.09. The molecule has 0 aliphatic rings. The van der Waals surface area contributed by atoms with Crippen molar-refractivity contribution < 1.29 is 14.7 Å². The van der Waals surface area contributed by atoms with Gasteiger partial charge in [0.1, 0.15) is 0 Å². The predicted molar refractivity (Wildman–Crippen MR) is 93.7 cm³/mol. The van der Waals surface area contributed by atoms with Gasteiger partial charge in [0.25, 0.3) is 0 Å². The molecule has 24 heavy (non-hydrogen) atoms. The molecule has 2 aromatic rings. The molecular weight excluding hydrogens is 328 g/mol. The van der Waals surface area contributed by atoms with Gasteiger partial charge >= 0.3 is 5.97 Å². The van der Waals surface area contributed by atoms with Crippen molar-refractivity contribution in [3.8, 4) is 0 Å². The summed E-state index contributed by atoms with van der Waals surface area (Å²) in [6, 6.07) is 7.47. The second-order valence-corrected chi connectivity index (χ2v) is 6.06. The van der Waals surface area contributed by atoms with Crippen LogP contribution in [-0.4, -0.2) is 28.1 Å². The van der Waals surface area contributed by atoms with E-state index >= 15 is 0 Å². The fourth-order valence-electron chi connectivity index (χ4n) is 2.72. The molecule has 128 valence electrons. The van der Waals surface area contributed by atoms with Crippen molar-refractivity contribution in [1.29, 1.82) is 0 Å². The molecule has 0 aliphatic carbocycles. The van der Waals surface area contributed by atoms with E-state index in [4.69, 9.17) is 11.6 Å². The van der Waals surface area contributed by atoms with Gasteiger partial charge in [0.05, 0.1) is 12.0 Å². The van der Waals surface area contributed by atoms with E-state index in [1.807, 2.05) is 35.8 Å². The Morgan fingerprint density at radius 3 is 2.50 bits per heavy atom. The highest BCUT2D eigenvalue weighted by Gasteiger charge is 2.20. The van der Waals surface area contributed by atoms with Gasteiger partial charge in [0.2, 0.25) is 5.91 Å². The Morgan fingerprint density at radius 2 is 1.92 bits per heavy atom. The summed E-state index contributed by atoms with van der Waals surface area (Å²) >= 11 is 5.84. The average molecular weight is 349 g/mol. The van der Waals surface area contributed by atoms with E-state index in [0.29, 0.717) is 35.8 Å². The van der Waals surface area contributed by atoms with Crippen LogP contribution in [0.2, 0.25) is 5.02 Å². The number of hydrogen-bond acceptors (Lipinski definition) is 2. The Balaban J connectivity index is 1.97. The number of nitrogens with zero attached hydrogens (tertiary/aromatic N) is 1. The number of carboxylic acid groups (broad SMARTS) is 1. The van der Waals surface area contributed by atoms with Crippen LogP contribution in [0, 0.1) is 6.92 Å². The number of nitrogens with one attached hydrogen (secondary N) is 1.